The molecule has 0 saturated carbocycles. The fraction of sp³-hybridized carbons (Fsp3) is 0.273. The molecule has 0 aliphatic heterocycles. The molecular formula is C11H13NO. The highest BCUT2D eigenvalue weighted by molar-refractivity contribution is 5.45. The van der Waals surface area contributed by atoms with Crippen molar-refractivity contribution in [3.8, 4) is 17.6 Å². The summed E-state index contributed by atoms with van der Waals surface area (Å²) in [6.07, 6.45) is 0. The van der Waals surface area contributed by atoms with E-state index in [1.54, 1.807) is 7.11 Å². The van der Waals surface area contributed by atoms with E-state index < -0.39 is 0 Å². The highest BCUT2D eigenvalue weighted by Crippen LogP contribution is 2.15. The van der Waals surface area contributed by atoms with Crippen LogP contribution in [0.1, 0.15) is 11.1 Å². The number of hydrogen-bond donors (Lipinski definition) is 1. The average Bonchev–Trinajstić information content (AvgIpc) is 2.17. The molecule has 0 spiro atoms. The maximum absolute atomic E-state index is 5.29. The maximum Gasteiger partial charge on any atom is 0.120 e. The minimum absolute atomic E-state index is 0.386. The standard InChI is InChI=1S/C11H13NO/c1-9-5-6-11(13-2)8-10(9)4-3-7-12/h5-6,8H,7,12H2,1-2H3. The summed E-state index contributed by atoms with van der Waals surface area (Å²) in [6, 6.07) is 5.82. The van der Waals surface area contributed by atoms with Gasteiger partial charge in [0, 0.05) is 5.56 Å². The monoisotopic (exact) mass is 175 g/mol. The molecule has 0 saturated heterocycles. The van der Waals surface area contributed by atoms with Gasteiger partial charge in [-0.2, -0.15) is 0 Å². The van der Waals surface area contributed by atoms with Crippen LogP contribution in [0.2, 0.25) is 0 Å². The Morgan fingerprint density at radius 2 is 2.23 bits per heavy atom. The van der Waals surface area contributed by atoms with Gasteiger partial charge in [0.1, 0.15) is 5.75 Å². The summed E-state index contributed by atoms with van der Waals surface area (Å²) in [6.45, 7) is 2.40. The summed E-state index contributed by atoms with van der Waals surface area (Å²) in [5.74, 6) is 6.64. The van der Waals surface area contributed by atoms with Gasteiger partial charge in [0.25, 0.3) is 0 Å². The first-order chi connectivity index (χ1) is 6.27. The van der Waals surface area contributed by atoms with Crippen molar-refractivity contribution in [2.45, 2.75) is 6.92 Å². The van der Waals surface area contributed by atoms with Crippen LogP contribution in [0, 0.1) is 18.8 Å². The molecule has 0 radical (unpaired) electrons. The lowest BCUT2D eigenvalue weighted by atomic mass is 10.1. The van der Waals surface area contributed by atoms with Crippen molar-refractivity contribution in [3.05, 3.63) is 29.3 Å². The minimum atomic E-state index is 0.386. The van der Waals surface area contributed by atoms with E-state index in [9.17, 15) is 0 Å². The number of rotatable bonds is 1. The molecule has 0 amide bonds. The van der Waals surface area contributed by atoms with Gasteiger partial charge < -0.3 is 10.5 Å². The van der Waals surface area contributed by atoms with Gasteiger partial charge in [0.15, 0.2) is 0 Å². The van der Waals surface area contributed by atoms with Gasteiger partial charge in [-0.05, 0) is 24.6 Å². The number of methoxy groups -OCH3 is 1. The summed E-state index contributed by atoms with van der Waals surface area (Å²) in [4.78, 5) is 0. The van der Waals surface area contributed by atoms with E-state index in [0.29, 0.717) is 6.54 Å². The van der Waals surface area contributed by atoms with Crippen molar-refractivity contribution in [3.63, 3.8) is 0 Å². The van der Waals surface area contributed by atoms with E-state index >= 15 is 0 Å². The van der Waals surface area contributed by atoms with E-state index in [4.69, 9.17) is 10.5 Å². The van der Waals surface area contributed by atoms with Crippen LogP contribution in [0.5, 0.6) is 5.75 Å². The number of hydrogen-bond acceptors (Lipinski definition) is 2. The van der Waals surface area contributed by atoms with Crippen LogP contribution < -0.4 is 10.5 Å². The van der Waals surface area contributed by atoms with Gasteiger partial charge >= 0.3 is 0 Å². The van der Waals surface area contributed by atoms with E-state index in [1.807, 2.05) is 25.1 Å². The van der Waals surface area contributed by atoms with Crippen molar-refractivity contribution in [2.75, 3.05) is 13.7 Å². The number of ether oxygens (including phenoxy) is 1. The van der Waals surface area contributed by atoms with Crippen LogP contribution in [-0.2, 0) is 0 Å². The van der Waals surface area contributed by atoms with Gasteiger partial charge in [-0.1, -0.05) is 17.9 Å². The van der Waals surface area contributed by atoms with Crippen LogP contribution in [0.25, 0.3) is 0 Å². The molecule has 0 atom stereocenters. The van der Waals surface area contributed by atoms with Crippen molar-refractivity contribution in [1.82, 2.24) is 0 Å². The molecule has 68 valence electrons. The van der Waals surface area contributed by atoms with Crippen molar-refractivity contribution in [1.29, 1.82) is 0 Å². The molecule has 2 heteroatoms. The molecule has 0 aliphatic rings. The summed E-state index contributed by atoms with van der Waals surface area (Å²) in [7, 11) is 1.64. The largest absolute Gasteiger partial charge is 0.497 e. The fourth-order valence-electron chi connectivity index (χ4n) is 1.01. The van der Waals surface area contributed by atoms with Crippen molar-refractivity contribution in [2.24, 2.45) is 5.73 Å². The molecule has 0 aromatic heterocycles. The molecule has 13 heavy (non-hydrogen) atoms. The second-order valence-corrected chi connectivity index (χ2v) is 2.69. The lowest BCUT2D eigenvalue weighted by molar-refractivity contribution is 0.414. The highest BCUT2D eigenvalue weighted by Gasteiger charge is 1.96. The third-order valence-electron chi connectivity index (χ3n) is 1.77. The molecule has 0 unspecified atom stereocenters. The van der Waals surface area contributed by atoms with Gasteiger partial charge in [-0.3, -0.25) is 0 Å². The molecule has 1 aromatic rings. The first-order valence-electron chi connectivity index (χ1n) is 4.11. The Bertz CT molecular complexity index is 347. The zero-order valence-corrected chi connectivity index (χ0v) is 7.92. The molecule has 0 fully saturated rings. The first kappa shape index (κ1) is 9.63. The topological polar surface area (TPSA) is 35.2 Å². The molecular weight excluding hydrogens is 162 g/mol. The molecule has 2 nitrogen and oxygen atoms in total. The molecule has 0 aliphatic carbocycles. The third-order valence-corrected chi connectivity index (χ3v) is 1.77. The molecule has 1 aromatic carbocycles. The van der Waals surface area contributed by atoms with Crippen LogP contribution >= 0.6 is 0 Å². The molecule has 1 rings (SSSR count). The summed E-state index contributed by atoms with van der Waals surface area (Å²) in [5.41, 5.74) is 7.41. The lowest BCUT2D eigenvalue weighted by Gasteiger charge is -2.02. The lowest BCUT2D eigenvalue weighted by Crippen LogP contribution is -1.93. The van der Waals surface area contributed by atoms with Gasteiger partial charge in [-0.25, -0.2) is 0 Å². The zero-order valence-electron chi connectivity index (χ0n) is 7.92. The summed E-state index contributed by atoms with van der Waals surface area (Å²) in [5, 5.41) is 0. The van der Waals surface area contributed by atoms with Crippen LogP contribution in [0.15, 0.2) is 18.2 Å². The maximum atomic E-state index is 5.29. The van der Waals surface area contributed by atoms with E-state index in [-0.39, 0.29) is 0 Å². The van der Waals surface area contributed by atoms with Crippen LogP contribution in [0.4, 0.5) is 0 Å². The number of nitrogens with two attached hydrogens (primary N) is 1. The Hall–Kier alpha value is -1.46. The molecule has 0 bridgehead atoms. The third kappa shape index (κ3) is 2.50. The summed E-state index contributed by atoms with van der Waals surface area (Å²) >= 11 is 0. The Morgan fingerprint density at radius 3 is 2.85 bits per heavy atom. The van der Waals surface area contributed by atoms with E-state index in [0.717, 1.165) is 16.9 Å². The van der Waals surface area contributed by atoms with Gasteiger partial charge in [0.05, 0.1) is 13.7 Å². The Morgan fingerprint density at radius 1 is 1.46 bits per heavy atom. The highest BCUT2D eigenvalue weighted by atomic mass is 16.5. The Labute approximate surface area is 78.7 Å². The normalized spacial score (nSPS) is 8.85. The molecule has 0 heterocycles. The smallest absolute Gasteiger partial charge is 0.120 e. The Kier molecular flexibility index (Phi) is 3.36. The molecule has 2 N–H and O–H groups in total. The Balaban J connectivity index is 3.04. The SMILES string of the molecule is COc1ccc(C)c(C#CCN)c1. The quantitative estimate of drug-likeness (QED) is 0.653. The average molecular weight is 175 g/mol. The predicted octanol–water partition coefficient (Wildman–Crippen LogP) is 1.31. The van der Waals surface area contributed by atoms with Crippen molar-refractivity contribution >= 4 is 0 Å². The fourth-order valence-corrected chi connectivity index (χ4v) is 1.01. The van der Waals surface area contributed by atoms with Crippen LogP contribution in [0.3, 0.4) is 0 Å². The summed E-state index contributed by atoms with van der Waals surface area (Å²) < 4.78 is 5.09. The van der Waals surface area contributed by atoms with Crippen LogP contribution in [-0.4, -0.2) is 13.7 Å². The number of benzene rings is 1. The predicted molar refractivity (Wildman–Crippen MR) is 53.7 cm³/mol. The second kappa shape index (κ2) is 4.54. The first-order valence-corrected chi connectivity index (χ1v) is 4.11. The minimum Gasteiger partial charge on any atom is -0.497 e. The second-order valence-electron chi connectivity index (χ2n) is 2.69. The van der Waals surface area contributed by atoms with Gasteiger partial charge in [0.2, 0.25) is 0 Å². The van der Waals surface area contributed by atoms with E-state index in [2.05, 4.69) is 11.8 Å². The van der Waals surface area contributed by atoms with Crippen molar-refractivity contribution < 1.29 is 4.74 Å². The number of aryl methyl sites for hydroxylation is 1. The van der Waals surface area contributed by atoms with Gasteiger partial charge in [-0.15, -0.1) is 0 Å². The zero-order chi connectivity index (χ0) is 9.68. The van der Waals surface area contributed by atoms with E-state index in [1.165, 1.54) is 0 Å².